The van der Waals surface area contributed by atoms with E-state index in [2.05, 4.69) is 4.98 Å². The van der Waals surface area contributed by atoms with Gasteiger partial charge in [-0.05, 0) is 9.46 Å². The van der Waals surface area contributed by atoms with E-state index in [0.29, 0.717) is 0 Å². The molecule has 0 aliphatic heterocycles. The molecule has 0 aromatic carbocycles. The summed E-state index contributed by atoms with van der Waals surface area (Å²) in [4.78, 5) is 14.6. The van der Waals surface area contributed by atoms with Gasteiger partial charge >= 0.3 is 5.16 Å². The summed E-state index contributed by atoms with van der Waals surface area (Å²) in [5.41, 5.74) is 0. The van der Waals surface area contributed by atoms with Crippen molar-refractivity contribution in [2.24, 2.45) is 7.05 Å². The fourth-order valence-corrected chi connectivity index (χ4v) is 2.18. The van der Waals surface area contributed by atoms with Crippen LogP contribution in [0.25, 0.3) is 0 Å². The number of nitrogens with zero attached hydrogens (tertiary/aromatic N) is 4. The lowest BCUT2D eigenvalue weighted by molar-refractivity contribution is -0.914. The maximum atomic E-state index is 5.17. The highest BCUT2D eigenvalue weighted by atomic mass is 32.2. The lowest BCUT2D eigenvalue weighted by Crippen LogP contribution is -2.41. The Morgan fingerprint density at radius 2 is 2.19 bits per heavy atom. The fraction of sp³-hybridized carbons (Fsp3) is 0.333. The Hall–Kier alpha value is -1.63. The van der Waals surface area contributed by atoms with Crippen molar-refractivity contribution < 1.29 is 14.4 Å². The van der Waals surface area contributed by atoms with Gasteiger partial charge in [0.2, 0.25) is 0 Å². The van der Waals surface area contributed by atoms with E-state index >= 15 is 0 Å². The molecule has 16 heavy (non-hydrogen) atoms. The minimum absolute atomic E-state index is 0.791. The van der Waals surface area contributed by atoms with Gasteiger partial charge in [0.05, 0.1) is 0 Å². The second-order valence-corrected chi connectivity index (χ2v) is 3.95. The van der Waals surface area contributed by atoms with Crippen LogP contribution in [0.15, 0.2) is 35.1 Å². The average molecular weight is 241 g/mol. The molecular weight excluding hydrogens is 228 g/mol. The minimum Gasteiger partial charge on any atom is -0.338 e. The molecule has 7 heteroatoms. The molecule has 2 heterocycles. The first-order valence-corrected chi connectivity index (χ1v) is 5.45. The largest absolute Gasteiger partial charge is 0.404 e. The lowest BCUT2D eigenvalue weighted by Gasteiger charge is -2.00. The van der Waals surface area contributed by atoms with Crippen LogP contribution in [-0.2, 0) is 7.05 Å². The molecule has 0 spiro atoms. The van der Waals surface area contributed by atoms with Crippen molar-refractivity contribution in [2.45, 2.75) is 10.3 Å². The zero-order valence-corrected chi connectivity index (χ0v) is 10.1. The average Bonchev–Trinajstić information content (AvgIpc) is 2.86. The fourth-order valence-electron chi connectivity index (χ4n) is 1.25. The number of rotatable bonds is 4. The normalized spacial score (nSPS) is 10.4. The zero-order chi connectivity index (χ0) is 11.5. The number of imidazole rings is 2. The van der Waals surface area contributed by atoms with E-state index in [0.717, 1.165) is 10.3 Å². The van der Waals surface area contributed by atoms with Crippen molar-refractivity contribution in [2.75, 3.05) is 14.2 Å². The van der Waals surface area contributed by atoms with Gasteiger partial charge in [0.15, 0.2) is 17.6 Å². The Kier molecular flexibility index (Phi) is 3.04. The van der Waals surface area contributed by atoms with E-state index < -0.39 is 0 Å². The van der Waals surface area contributed by atoms with Crippen molar-refractivity contribution in [1.29, 1.82) is 0 Å². The monoisotopic (exact) mass is 241 g/mol. The van der Waals surface area contributed by atoms with E-state index in [1.165, 1.54) is 11.8 Å². The summed E-state index contributed by atoms with van der Waals surface area (Å²) in [6.07, 6.45) is 7.18. The SMILES string of the molecule is COn1cc[n+](OC)c1Sc1nccn1C. The molecule has 0 aliphatic carbocycles. The van der Waals surface area contributed by atoms with Crippen LogP contribution in [-0.4, -0.2) is 28.5 Å². The van der Waals surface area contributed by atoms with Gasteiger partial charge in [-0.3, -0.25) is 0 Å². The van der Waals surface area contributed by atoms with Crippen molar-refractivity contribution >= 4 is 11.8 Å². The van der Waals surface area contributed by atoms with Crippen LogP contribution in [0.4, 0.5) is 0 Å². The number of hydrogen-bond acceptors (Lipinski definition) is 4. The van der Waals surface area contributed by atoms with Crippen molar-refractivity contribution in [3.8, 4) is 0 Å². The van der Waals surface area contributed by atoms with Gasteiger partial charge in [0, 0.05) is 31.2 Å². The van der Waals surface area contributed by atoms with E-state index in [1.807, 2.05) is 17.8 Å². The molecule has 0 saturated carbocycles. The molecule has 0 unspecified atom stereocenters. The summed E-state index contributed by atoms with van der Waals surface area (Å²) in [6, 6.07) is 0. The molecule has 0 atom stereocenters. The van der Waals surface area contributed by atoms with Gasteiger partial charge in [-0.1, -0.05) is 0 Å². The van der Waals surface area contributed by atoms with E-state index in [1.54, 1.807) is 42.3 Å². The third kappa shape index (κ3) is 1.85. The maximum Gasteiger partial charge on any atom is 0.404 e. The molecule has 2 aromatic rings. The molecular formula is C9H13N4O2S+. The van der Waals surface area contributed by atoms with Gasteiger partial charge in [0.1, 0.15) is 14.2 Å². The van der Waals surface area contributed by atoms with Crippen LogP contribution < -0.4 is 14.4 Å². The maximum absolute atomic E-state index is 5.17. The molecule has 86 valence electrons. The molecule has 0 aliphatic rings. The number of aromatic nitrogens is 4. The first kappa shape index (κ1) is 10.9. The van der Waals surface area contributed by atoms with Gasteiger partial charge in [-0.25, -0.2) is 4.98 Å². The highest BCUT2D eigenvalue weighted by Crippen LogP contribution is 2.22. The Balaban J connectivity index is 2.32. The summed E-state index contributed by atoms with van der Waals surface area (Å²) in [6.45, 7) is 0. The molecule has 0 fully saturated rings. The Morgan fingerprint density at radius 1 is 1.38 bits per heavy atom. The quantitative estimate of drug-likeness (QED) is 0.694. The van der Waals surface area contributed by atoms with Crippen LogP contribution in [0.5, 0.6) is 0 Å². The Labute approximate surface area is 97.3 Å². The highest BCUT2D eigenvalue weighted by Gasteiger charge is 2.22. The minimum atomic E-state index is 0.791. The van der Waals surface area contributed by atoms with Crippen LogP contribution in [0.1, 0.15) is 0 Å². The molecule has 0 N–H and O–H groups in total. The summed E-state index contributed by atoms with van der Waals surface area (Å²) < 4.78 is 5.16. The van der Waals surface area contributed by atoms with E-state index in [9.17, 15) is 0 Å². The standard InChI is InChI=1S/C9H13N4O2S/c1-11-5-4-10-8(11)16-9-12(14-2)6-7-13(9)15-3/h4-7H,1-3H3/q+1. The topological polar surface area (TPSA) is 45.1 Å². The number of aryl methyl sites for hydroxylation is 1. The molecule has 0 amide bonds. The lowest BCUT2D eigenvalue weighted by atomic mass is 10.9. The predicted molar refractivity (Wildman–Crippen MR) is 57.0 cm³/mol. The summed E-state index contributed by atoms with van der Waals surface area (Å²) in [5, 5.41) is 1.65. The zero-order valence-electron chi connectivity index (χ0n) is 9.32. The highest BCUT2D eigenvalue weighted by molar-refractivity contribution is 7.98. The molecule has 2 rings (SSSR count). The summed E-state index contributed by atoms with van der Waals surface area (Å²) in [5.74, 6) is 0. The van der Waals surface area contributed by atoms with E-state index in [-0.39, 0.29) is 0 Å². The van der Waals surface area contributed by atoms with Crippen LogP contribution in [0.2, 0.25) is 0 Å². The predicted octanol–water partition coefficient (Wildman–Crippen LogP) is -0.223. The van der Waals surface area contributed by atoms with Crippen molar-refractivity contribution in [3.05, 3.63) is 24.8 Å². The second kappa shape index (κ2) is 4.48. The second-order valence-electron chi connectivity index (χ2n) is 3.02. The van der Waals surface area contributed by atoms with Crippen LogP contribution in [0, 0.1) is 0 Å². The molecule has 6 nitrogen and oxygen atoms in total. The van der Waals surface area contributed by atoms with Crippen molar-refractivity contribution in [1.82, 2.24) is 14.3 Å². The van der Waals surface area contributed by atoms with Gasteiger partial charge in [-0.2, -0.15) is 0 Å². The molecule has 0 bridgehead atoms. The molecule has 2 aromatic heterocycles. The summed E-state index contributed by atoms with van der Waals surface area (Å²) >= 11 is 1.46. The van der Waals surface area contributed by atoms with Crippen LogP contribution in [0.3, 0.4) is 0 Å². The Morgan fingerprint density at radius 3 is 2.75 bits per heavy atom. The third-order valence-electron chi connectivity index (χ3n) is 2.07. The van der Waals surface area contributed by atoms with Gasteiger partial charge in [-0.15, -0.1) is 0 Å². The number of hydrogen-bond donors (Lipinski definition) is 0. The third-order valence-corrected chi connectivity index (χ3v) is 3.19. The molecule has 0 radical (unpaired) electrons. The van der Waals surface area contributed by atoms with E-state index in [4.69, 9.17) is 9.68 Å². The van der Waals surface area contributed by atoms with Crippen molar-refractivity contribution in [3.63, 3.8) is 0 Å². The van der Waals surface area contributed by atoms with Gasteiger partial charge in [0.25, 0.3) is 0 Å². The van der Waals surface area contributed by atoms with Crippen LogP contribution >= 0.6 is 11.8 Å². The molecule has 0 saturated heterocycles. The first-order chi connectivity index (χ1) is 7.76. The Bertz CT molecular complexity index is 458. The summed E-state index contributed by atoms with van der Waals surface area (Å²) in [7, 11) is 5.14. The van der Waals surface area contributed by atoms with Gasteiger partial charge < -0.3 is 14.2 Å². The first-order valence-electron chi connectivity index (χ1n) is 4.63. The smallest absolute Gasteiger partial charge is 0.338 e.